The molecule has 21 heavy (non-hydrogen) atoms. The van der Waals surface area contributed by atoms with Gasteiger partial charge in [0, 0.05) is 6.08 Å². The molecule has 1 rings (SSSR count). The van der Waals surface area contributed by atoms with Gasteiger partial charge in [0.05, 0.1) is 11.4 Å². The SMILES string of the molecule is CC(C)CCS(=O)(=O)Nc1ccc(C=CC(=O)O)cc1F. The molecule has 5 nitrogen and oxygen atoms in total. The van der Waals surface area contributed by atoms with Crippen LogP contribution in [-0.4, -0.2) is 25.2 Å². The first-order chi connectivity index (χ1) is 9.69. The first-order valence-corrected chi connectivity index (χ1v) is 8.06. The van der Waals surface area contributed by atoms with Crippen LogP contribution in [0, 0.1) is 11.7 Å². The molecular formula is C14H18FNO4S. The topological polar surface area (TPSA) is 83.5 Å². The second kappa shape index (κ2) is 7.21. The fraction of sp³-hybridized carbons (Fsp3) is 0.357. The third kappa shape index (κ3) is 6.40. The normalized spacial score (nSPS) is 12.0. The van der Waals surface area contributed by atoms with Crippen molar-refractivity contribution in [2.45, 2.75) is 20.3 Å². The van der Waals surface area contributed by atoms with Crippen molar-refractivity contribution in [3.8, 4) is 0 Å². The highest BCUT2D eigenvalue weighted by Crippen LogP contribution is 2.18. The summed E-state index contributed by atoms with van der Waals surface area (Å²) in [6.07, 6.45) is 2.58. The predicted octanol–water partition coefficient (Wildman–Crippen LogP) is 2.71. The summed E-state index contributed by atoms with van der Waals surface area (Å²) < 4.78 is 39.6. The van der Waals surface area contributed by atoms with Crippen LogP contribution in [0.3, 0.4) is 0 Å². The molecule has 1 aromatic rings. The van der Waals surface area contributed by atoms with Gasteiger partial charge in [-0.2, -0.15) is 0 Å². The van der Waals surface area contributed by atoms with Crippen LogP contribution in [0.4, 0.5) is 10.1 Å². The molecule has 1 aromatic carbocycles. The van der Waals surface area contributed by atoms with E-state index in [9.17, 15) is 17.6 Å². The Labute approximate surface area is 123 Å². The highest BCUT2D eigenvalue weighted by Gasteiger charge is 2.14. The number of carbonyl (C=O) groups is 1. The molecule has 0 aliphatic carbocycles. The van der Waals surface area contributed by atoms with Crippen LogP contribution in [0.25, 0.3) is 6.08 Å². The zero-order valence-corrected chi connectivity index (χ0v) is 12.7. The molecule has 0 bridgehead atoms. The van der Waals surface area contributed by atoms with Gasteiger partial charge < -0.3 is 5.11 Å². The van der Waals surface area contributed by atoms with Crippen molar-refractivity contribution in [2.75, 3.05) is 10.5 Å². The number of halogens is 1. The number of benzene rings is 1. The Kier molecular flexibility index (Phi) is 5.90. The summed E-state index contributed by atoms with van der Waals surface area (Å²) in [7, 11) is -3.59. The molecule has 0 spiro atoms. The number of hydrogen-bond donors (Lipinski definition) is 2. The summed E-state index contributed by atoms with van der Waals surface area (Å²) in [4.78, 5) is 10.4. The molecule has 0 aliphatic heterocycles. The average molecular weight is 315 g/mol. The van der Waals surface area contributed by atoms with E-state index in [4.69, 9.17) is 5.11 Å². The molecule has 0 radical (unpaired) electrons. The molecule has 7 heteroatoms. The van der Waals surface area contributed by atoms with Crippen molar-refractivity contribution in [1.29, 1.82) is 0 Å². The summed E-state index contributed by atoms with van der Waals surface area (Å²) in [6, 6.07) is 3.77. The first kappa shape index (κ1) is 17.2. The molecule has 116 valence electrons. The number of sulfonamides is 1. The van der Waals surface area contributed by atoms with E-state index in [0.29, 0.717) is 12.0 Å². The number of rotatable bonds is 7. The van der Waals surface area contributed by atoms with Crippen molar-refractivity contribution < 1.29 is 22.7 Å². The lowest BCUT2D eigenvalue weighted by molar-refractivity contribution is -0.131. The van der Waals surface area contributed by atoms with E-state index in [1.807, 2.05) is 13.8 Å². The van der Waals surface area contributed by atoms with E-state index in [1.165, 1.54) is 18.2 Å². The molecule has 0 unspecified atom stereocenters. The Balaban J connectivity index is 2.83. The van der Waals surface area contributed by atoms with Gasteiger partial charge in [0.15, 0.2) is 0 Å². The van der Waals surface area contributed by atoms with Crippen LogP contribution in [-0.2, 0) is 14.8 Å². The monoisotopic (exact) mass is 315 g/mol. The van der Waals surface area contributed by atoms with Crippen molar-refractivity contribution >= 4 is 27.8 Å². The number of carboxylic acids is 1. The van der Waals surface area contributed by atoms with Gasteiger partial charge in [-0.3, -0.25) is 4.72 Å². The van der Waals surface area contributed by atoms with Crippen LogP contribution in [0.5, 0.6) is 0 Å². The molecular weight excluding hydrogens is 297 g/mol. The van der Waals surface area contributed by atoms with Crippen LogP contribution < -0.4 is 4.72 Å². The fourth-order valence-corrected chi connectivity index (χ4v) is 2.88. The van der Waals surface area contributed by atoms with Crippen LogP contribution in [0.1, 0.15) is 25.8 Å². The molecule has 0 saturated carbocycles. The Morgan fingerprint density at radius 3 is 2.62 bits per heavy atom. The molecule has 0 atom stereocenters. The van der Waals surface area contributed by atoms with Crippen LogP contribution in [0.15, 0.2) is 24.3 Å². The van der Waals surface area contributed by atoms with E-state index in [2.05, 4.69) is 4.72 Å². The largest absolute Gasteiger partial charge is 0.478 e. The summed E-state index contributed by atoms with van der Waals surface area (Å²) in [6.45, 7) is 3.80. The molecule has 0 aliphatic rings. The lowest BCUT2D eigenvalue weighted by Crippen LogP contribution is -2.18. The van der Waals surface area contributed by atoms with Gasteiger partial charge in [-0.25, -0.2) is 17.6 Å². The van der Waals surface area contributed by atoms with Gasteiger partial charge >= 0.3 is 5.97 Å². The highest BCUT2D eigenvalue weighted by molar-refractivity contribution is 7.92. The Hall–Kier alpha value is -1.89. The number of hydrogen-bond acceptors (Lipinski definition) is 3. The van der Waals surface area contributed by atoms with E-state index in [0.717, 1.165) is 12.1 Å². The Morgan fingerprint density at radius 2 is 2.10 bits per heavy atom. The maximum absolute atomic E-state index is 13.8. The molecule has 0 fully saturated rings. The minimum Gasteiger partial charge on any atom is -0.478 e. The van der Waals surface area contributed by atoms with Gasteiger partial charge in [-0.1, -0.05) is 19.9 Å². The summed E-state index contributed by atoms with van der Waals surface area (Å²) in [5, 5.41) is 8.48. The standard InChI is InChI=1S/C14H18FNO4S/c1-10(2)7-8-21(19,20)16-13-5-3-11(9-12(13)15)4-6-14(17)18/h3-6,9-10,16H,7-8H2,1-2H3,(H,17,18). The van der Waals surface area contributed by atoms with Gasteiger partial charge in [-0.05, 0) is 36.1 Å². The maximum Gasteiger partial charge on any atom is 0.328 e. The van der Waals surface area contributed by atoms with Gasteiger partial charge in [0.1, 0.15) is 5.82 Å². The highest BCUT2D eigenvalue weighted by atomic mass is 32.2. The van der Waals surface area contributed by atoms with Crippen molar-refractivity contribution in [3.05, 3.63) is 35.7 Å². The zero-order valence-electron chi connectivity index (χ0n) is 11.8. The lowest BCUT2D eigenvalue weighted by Gasteiger charge is -2.10. The smallest absolute Gasteiger partial charge is 0.328 e. The molecule has 0 heterocycles. The third-order valence-corrected chi connectivity index (χ3v) is 3.94. The lowest BCUT2D eigenvalue weighted by atomic mass is 10.2. The quantitative estimate of drug-likeness (QED) is 0.758. The second-order valence-corrected chi connectivity index (χ2v) is 6.86. The Bertz CT molecular complexity index is 638. The second-order valence-electron chi connectivity index (χ2n) is 5.01. The number of carboxylic acid groups (broad SMARTS) is 1. The summed E-state index contributed by atoms with van der Waals surface area (Å²) in [5.41, 5.74) is 0.186. The Morgan fingerprint density at radius 1 is 1.43 bits per heavy atom. The molecule has 2 N–H and O–H groups in total. The number of anilines is 1. The third-order valence-electron chi connectivity index (χ3n) is 2.64. The van der Waals surface area contributed by atoms with E-state index < -0.39 is 21.8 Å². The summed E-state index contributed by atoms with van der Waals surface area (Å²) in [5.74, 6) is -1.75. The number of nitrogens with one attached hydrogen (secondary N) is 1. The minimum absolute atomic E-state index is 0.0786. The van der Waals surface area contributed by atoms with E-state index in [-0.39, 0.29) is 17.4 Å². The van der Waals surface area contributed by atoms with Crippen LogP contribution in [0.2, 0.25) is 0 Å². The van der Waals surface area contributed by atoms with Crippen molar-refractivity contribution in [3.63, 3.8) is 0 Å². The van der Waals surface area contributed by atoms with Crippen molar-refractivity contribution in [1.82, 2.24) is 0 Å². The van der Waals surface area contributed by atoms with Crippen molar-refractivity contribution in [2.24, 2.45) is 5.92 Å². The minimum atomic E-state index is -3.59. The number of aliphatic carboxylic acids is 1. The predicted molar refractivity (Wildman–Crippen MR) is 79.9 cm³/mol. The fourth-order valence-electron chi connectivity index (χ4n) is 1.49. The molecule has 0 amide bonds. The average Bonchev–Trinajstić information content (AvgIpc) is 2.37. The maximum atomic E-state index is 13.8. The van der Waals surface area contributed by atoms with E-state index >= 15 is 0 Å². The molecule has 0 saturated heterocycles. The first-order valence-electron chi connectivity index (χ1n) is 6.40. The van der Waals surface area contributed by atoms with Gasteiger partial charge in [0.2, 0.25) is 10.0 Å². The zero-order chi connectivity index (χ0) is 16.0. The van der Waals surface area contributed by atoms with Gasteiger partial charge in [-0.15, -0.1) is 0 Å². The van der Waals surface area contributed by atoms with Crippen LogP contribution >= 0.6 is 0 Å². The molecule has 0 aromatic heterocycles. The summed E-state index contributed by atoms with van der Waals surface area (Å²) >= 11 is 0. The van der Waals surface area contributed by atoms with Gasteiger partial charge in [0.25, 0.3) is 0 Å². The van der Waals surface area contributed by atoms with E-state index in [1.54, 1.807) is 0 Å².